The van der Waals surface area contributed by atoms with E-state index in [1.807, 2.05) is 27.7 Å². The van der Waals surface area contributed by atoms with Crippen LogP contribution >= 0.6 is 45.2 Å². The maximum atomic E-state index is 12.1. The Morgan fingerprint density at radius 2 is 0.935 bits per heavy atom. The van der Waals surface area contributed by atoms with Crippen LogP contribution in [0.15, 0.2) is 48.5 Å². The largest absolute Gasteiger partial charge is 0.299 e. The van der Waals surface area contributed by atoms with E-state index in [1.165, 1.54) is 24.3 Å². The van der Waals surface area contributed by atoms with Crippen LogP contribution in [-0.2, 0) is 29.8 Å². The molecule has 0 aliphatic heterocycles. The predicted molar refractivity (Wildman–Crippen MR) is 188 cm³/mol. The Balaban J connectivity index is 0.000000174. The molecule has 4 aliphatic rings. The van der Waals surface area contributed by atoms with Gasteiger partial charge in [0.2, 0.25) is 0 Å². The molecule has 6 rings (SSSR count). The first kappa shape index (κ1) is 39.4. The summed E-state index contributed by atoms with van der Waals surface area (Å²) in [6, 6.07) is 12.7. The quantitative estimate of drug-likeness (QED) is 0.239. The fourth-order valence-corrected chi connectivity index (χ4v) is 11.0. The molecule has 0 heterocycles. The lowest BCUT2D eigenvalue weighted by molar-refractivity contribution is -0.128. The summed E-state index contributed by atoms with van der Waals surface area (Å²) in [6.45, 7) is 7.78. The van der Waals surface area contributed by atoms with Crippen molar-refractivity contribution in [3.8, 4) is 0 Å². The number of rotatable bonds is 4. The Morgan fingerprint density at radius 1 is 0.652 bits per heavy atom. The van der Waals surface area contributed by atoms with Crippen molar-refractivity contribution in [2.24, 2.45) is 33.5 Å². The highest BCUT2D eigenvalue weighted by atomic mass is 127. The second-order valence-corrected chi connectivity index (χ2v) is 19.1. The molecule has 2 aromatic rings. The van der Waals surface area contributed by atoms with Gasteiger partial charge in [-0.2, -0.15) is 16.8 Å². The van der Waals surface area contributed by atoms with Crippen LogP contribution in [-0.4, -0.2) is 49.0 Å². The summed E-state index contributed by atoms with van der Waals surface area (Å²) in [6.07, 6.45) is 3.94. The van der Waals surface area contributed by atoms with E-state index in [-0.39, 0.29) is 45.9 Å². The molecule has 0 radical (unpaired) electrons. The van der Waals surface area contributed by atoms with Crippen molar-refractivity contribution in [2.45, 2.75) is 66.2 Å². The van der Waals surface area contributed by atoms with Gasteiger partial charge in [0.1, 0.15) is 23.2 Å². The first-order valence-corrected chi connectivity index (χ1v) is 20.1. The Bertz CT molecular complexity index is 1480. The number of Topliss-reactive ketones (excluding diaryl/α,β-unsaturated/α-hetero) is 2. The minimum absolute atomic E-state index is 0.0152. The third-order valence-electron chi connectivity index (χ3n) is 10.7. The summed E-state index contributed by atoms with van der Waals surface area (Å²) in [5.74, 6) is -0.554. The third kappa shape index (κ3) is 8.74. The van der Waals surface area contributed by atoms with E-state index in [2.05, 4.69) is 45.2 Å². The van der Waals surface area contributed by atoms with Crippen LogP contribution in [0.2, 0.25) is 0 Å². The molecule has 4 saturated carbocycles. The smallest absolute Gasteiger partial charge is 0.265 e. The van der Waals surface area contributed by atoms with Gasteiger partial charge in [-0.15, -0.1) is 0 Å². The Kier molecular flexibility index (Phi) is 12.3. The number of carbonyl (C=O) groups is 2. The number of fused-ring (bicyclic) bond motifs is 4. The van der Waals surface area contributed by atoms with Gasteiger partial charge in [0.25, 0.3) is 20.2 Å². The van der Waals surface area contributed by atoms with Crippen LogP contribution in [0.1, 0.15) is 66.2 Å². The molecule has 0 aromatic heterocycles. The van der Waals surface area contributed by atoms with Gasteiger partial charge in [0.05, 0.1) is 22.3 Å². The van der Waals surface area contributed by atoms with E-state index in [4.69, 9.17) is 9.11 Å². The Hall–Kier alpha value is -1.08. The molecule has 256 valence electrons. The molecule has 4 atom stereocenters. The minimum Gasteiger partial charge on any atom is -0.299 e. The van der Waals surface area contributed by atoms with Crippen LogP contribution in [0.4, 0.5) is 8.78 Å². The summed E-state index contributed by atoms with van der Waals surface area (Å²) in [5, 5.41) is 0. The Labute approximate surface area is 297 Å². The zero-order chi connectivity index (χ0) is 34.9. The molecular weight excluding hydrogens is 868 g/mol. The van der Waals surface area contributed by atoms with Gasteiger partial charge in [-0.3, -0.25) is 18.7 Å². The third-order valence-corrected chi connectivity index (χ3v) is 13.9. The fourth-order valence-electron chi connectivity index (χ4n) is 7.70. The average Bonchev–Trinajstić information content (AvgIpc) is 3.44. The van der Waals surface area contributed by atoms with E-state index in [1.54, 1.807) is 24.3 Å². The highest BCUT2D eigenvalue weighted by Gasteiger charge is 2.66. The number of ketones is 2. The SMILES string of the molecule is CC1(C)C2CCC1(CS(=O)(=O)O)C(=O)C2.CC1(C)C2CCC1(CS(=O)(=O)O)C(=O)C2.Fc1ccc(I)cc1.Fc1ccc(I)cc1. The molecular formula is C32H40F2I2O8S2. The van der Waals surface area contributed by atoms with Crippen LogP contribution in [0.25, 0.3) is 0 Å². The summed E-state index contributed by atoms with van der Waals surface area (Å²) in [5.41, 5.74) is -2.24. The summed E-state index contributed by atoms with van der Waals surface area (Å²) in [7, 11) is -8.15. The van der Waals surface area contributed by atoms with Crippen molar-refractivity contribution in [1.82, 2.24) is 0 Å². The van der Waals surface area contributed by atoms with E-state index >= 15 is 0 Å². The number of halogens is 4. The molecule has 4 aliphatic carbocycles. The topological polar surface area (TPSA) is 143 Å². The molecule has 14 heteroatoms. The second-order valence-electron chi connectivity index (χ2n) is 13.7. The van der Waals surface area contributed by atoms with Crippen molar-refractivity contribution < 1.29 is 44.3 Å². The first-order chi connectivity index (χ1) is 21.0. The van der Waals surface area contributed by atoms with Crippen molar-refractivity contribution in [1.29, 1.82) is 0 Å². The predicted octanol–water partition coefficient (Wildman–Crippen LogP) is 7.40. The number of benzene rings is 2. The van der Waals surface area contributed by atoms with Crippen molar-refractivity contribution in [2.75, 3.05) is 11.5 Å². The van der Waals surface area contributed by atoms with Gasteiger partial charge >= 0.3 is 0 Å². The molecule has 0 amide bonds. The lowest BCUT2D eigenvalue weighted by atomic mass is 9.70. The van der Waals surface area contributed by atoms with Crippen molar-refractivity contribution in [3.05, 3.63) is 67.3 Å². The maximum absolute atomic E-state index is 12.1. The van der Waals surface area contributed by atoms with Gasteiger partial charge in [-0.05, 0) is 142 Å². The van der Waals surface area contributed by atoms with Crippen LogP contribution in [0.5, 0.6) is 0 Å². The molecule has 4 bridgehead atoms. The highest BCUT2D eigenvalue weighted by Crippen LogP contribution is 2.65. The van der Waals surface area contributed by atoms with Crippen LogP contribution in [0.3, 0.4) is 0 Å². The normalized spacial score (nSPS) is 28.4. The minimum atomic E-state index is -4.08. The van der Waals surface area contributed by atoms with Crippen LogP contribution in [0, 0.1) is 52.3 Å². The van der Waals surface area contributed by atoms with Gasteiger partial charge in [0, 0.05) is 20.0 Å². The molecule has 4 unspecified atom stereocenters. The van der Waals surface area contributed by atoms with Gasteiger partial charge in [-0.1, -0.05) is 27.7 Å². The van der Waals surface area contributed by atoms with E-state index in [0.29, 0.717) is 25.7 Å². The lowest BCUT2D eigenvalue weighted by Gasteiger charge is -2.35. The summed E-state index contributed by atoms with van der Waals surface area (Å²) in [4.78, 5) is 23.8. The van der Waals surface area contributed by atoms with Crippen molar-refractivity contribution >= 4 is 77.0 Å². The highest BCUT2D eigenvalue weighted by molar-refractivity contribution is 14.1. The average molecular weight is 909 g/mol. The molecule has 2 N–H and O–H groups in total. The molecule has 46 heavy (non-hydrogen) atoms. The lowest BCUT2D eigenvalue weighted by Crippen LogP contribution is -2.42. The molecule has 0 spiro atoms. The van der Waals surface area contributed by atoms with Crippen LogP contribution < -0.4 is 0 Å². The molecule has 2 aromatic carbocycles. The maximum Gasteiger partial charge on any atom is 0.265 e. The molecule has 8 nitrogen and oxygen atoms in total. The first-order valence-electron chi connectivity index (χ1n) is 14.7. The standard InChI is InChI=1S/2C10H16O4S.2C6H4FI/c2*1-9(2)7-3-4-10(9,8(11)5-7)6-15(12,13)14;2*7-5-1-3-6(8)4-2-5/h2*7H,3-6H2,1-2H3,(H,12,13,14);2*1-4H. The zero-order valence-corrected chi connectivity index (χ0v) is 32.1. The summed E-state index contributed by atoms with van der Waals surface area (Å²) < 4.78 is 88.2. The van der Waals surface area contributed by atoms with Gasteiger partial charge < -0.3 is 0 Å². The van der Waals surface area contributed by atoms with E-state index in [0.717, 1.165) is 20.0 Å². The van der Waals surface area contributed by atoms with Crippen molar-refractivity contribution in [3.63, 3.8) is 0 Å². The molecule has 4 fully saturated rings. The monoisotopic (exact) mass is 908 g/mol. The second kappa shape index (κ2) is 14.4. The number of hydrogen-bond donors (Lipinski definition) is 2. The van der Waals surface area contributed by atoms with E-state index < -0.39 is 42.6 Å². The van der Waals surface area contributed by atoms with Gasteiger partial charge in [-0.25, -0.2) is 8.78 Å². The zero-order valence-electron chi connectivity index (χ0n) is 26.1. The van der Waals surface area contributed by atoms with Gasteiger partial charge in [0.15, 0.2) is 0 Å². The fraction of sp³-hybridized carbons (Fsp3) is 0.562. The summed E-state index contributed by atoms with van der Waals surface area (Å²) >= 11 is 4.26. The number of carbonyl (C=O) groups excluding carboxylic acids is 2. The number of hydrogen-bond acceptors (Lipinski definition) is 6. The Morgan fingerprint density at radius 3 is 1.11 bits per heavy atom. The van der Waals surface area contributed by atoms with E-state index in [9.17, 15) is 35.2 Å². The molecule has 0 saturated heterocycles.